The topological polar surface area (TPSA) is 66.9 Å². The van der Waals surface area contributed by atoms with Gasteiger partial charge in [0.25, 0.3) is 0 Å². The summed E-state index contributed by atoms with van der Waals surface area (Å²) in [6.45, 7) is 0.388. The molecule has 0 saturated carbocycles. The van der Waals surface area contributed by atoms with E-state index >= 15 is 0 Å². The summed E-state index contributed by atoms with van der Waals surface area (Å²) in [5.74, 6) is -1.07. The molecule has 1 amide bonds. The summed E-state index contributed by atoms with van der Waals surface area (Å²) in [7, 11) is -2.45. The zero-order valence-corrected chi connectivity index (χ0v) is 12.9. The highest BCUT2D eigenvalue weighted by atomic mass is 32.2. The maximum absolute atomic E-state index is 13.8. The minimum absolute atomic E-state index is 0.0786. The van der Waals surface area contributed by atoms with Gasteiger partial charge >= 0.3 is 0 Å². The van der Waals surface area contributed by atoms with Crippen molar-refractivity contribution in [3.05, 3.63) is 30.1 Å². The summed E-state index contributed by atoms with van der Waals surface area (Å²) >= 11 is 0. The Bertz CT molecular complexity index is 694. The third-order valence-corrected chi connectivity index (χ3v) is 6.06. The molecule has 0 radical (unpaired) electrons. The fraction of sp³-hybridized carbons (Fsp3) is 0.500. The molecule has 120 valence electrons. The highest BCUT2D eigenvalue weighted by molar-refractivity contribution is 7.89. The Balaban J connectivity index is 1.87. The average molecular weight is 328 g/mol. The molecule has 3 rings (SSSR count). The molecule has 2 heterocycles. The molecule has 2 fully saturated rings. The molecule has 0 spiro atoms. The highest BCUT2D eigenvalue weighted by Crippen LogP contribution is 2.28. The number of methoxy groups -OCH3 is 1. The van der Waals surface area contributed by atoms with Gasteiger partial charge in [-0.25, -0.2) is 12.8 Å². The van der Waals surface area contributed by atoms with E-state index in [4.69, 9.17) is 4.74 Å². The second-order valence-electron chi connectivity index (χ2n) is 5.52. The van der Waals surface area contributed by atoms with Crippen LogP contribution < -0.4 is 0 Å². The van der Waals surface area contributed by atoms with Crippen molar-refractivity contribution in [3.63, 3.8) is 0 Å². The van der Waals surface area contributed by atoms with Gasteiger partial charge in [-0.2, -0.15) is 4.31 Å². The normalized spacial score (nSPS) is 26.3. The monoisotopic (exact) mass is 328 g/mol. The van der Waals surface area contributed by atoms with Crippen molar-refractivity contribution >= 4 is 15.9 Å². The van der Waals surface area contributed by atoms with E-state index in [1.54, 1.807) is 12.0 Å². The summed E-state index contributed by atoms with van der Waals surface area (Å²) in [5.41, 5.74) is 0. The Kier molecular flexibility index (Phi) is 3.92. The number of benzene rings is 1. The number of nitrogens with zero attached hydrogens (tertiary/aromatic N) is 2. The predicted molar refractivity (Wildman–Crippen MR) is 76.1 cm³/mol. The summed E-state index contributed by atoms with van der Waals surface area (Å²) in [6.07, 6.45) is 0.510. The number of rotatable bonds is 3. The summed E-state index contributed by atoms with van der Waals surface area (Å²) < 4.78 is 45.3. The number of carbonyl (C=O) groups is 1. The van der Waals surface area contributed by atoms with Crippen molar-refractivity contribution in [1.82, 2.24) is 9.21 Å². The fourth-order valence-electron chi connectivity index (χ4n) is 3.04. The van der Waals surface area contributed by atoms with Gasteiger partial charge in [0.1, 0.15) is 10.7 Å². The van der Waals surface area contributed by atoms with Crippen LogP contribution in [0, 0.1) is 5.82 Å². The highest BCUT2D eigenvalue weighted by Gasteiger charge is 2.44. The number of amides is 1. The molecule has 1 aromatic carbocycles. The largest absolute Gasteiger partial charge is 0.380 e. The predicted octanol–water partition coefficient (Wildman–Crippen LogP) is 0.446. The molecular weight excluding hydrogens is 311 g/mol. The first-order valence-electron chi connectivity index (χ1n) is 7.00. The second-order valence-corrected chi connectivity index (χ2v) is 7.43. The van der Waals surface area contributed by atoms with E-state index in [-0.39, 0.29) is 31.1 Å². The minimum atomic E-state index is -4.02. The molecule has 2 aliphatic heterocycles. The van der Waals surface area contributed by atoms with Crippen LogP contribution in [-0.4, -0.2) is 62.4 Å². The average Bonchev–Trinajstić information content (AvgIpc) is 2.91. The molecule has 1 aromatic rings. The standard InChI is InChI=1S/C14H17FN2O4S/c1-21-11-6-10-7-16(9-14(18)17(10)8-11)22(19,20)13-5-3-2-4-12(13)15/h2-5,10-11H,6-9H2,1H3/t10-,11-/m0/s1. The first-order chi connectivity index (χ1) is 10.4. The lowest BCUT2D eigenvalue weighted by molar-refractivity contribution is -0.135. The molecule has 0 aromatic heterocycles. The lowest BCUT2D eigenvalue weighted by atomic mass is 10.2. The quantitative estimate of drug-likeness (QED) is 0.808. The molecule has 8 heteroatoms. The zero-order valence-electron chi connectivity index (χ0n) is 12.1. The number of ether oxygens (including phenoxy) is 1. The van der Waals surface area contributed by atoms with E-state index in [0.29, 0.717) is 13.0 Å². The Morgan fingerprint density at radius 2 is 2.00 bits per heavy atom. The number of sulfonamides is 1. The van der Waals surface area contributed by atoms with E-state index in [9.17, 15) is 17.6 Å². The van der Waals surface area contributed by atoms with Gasteiger partial charge in [0.05, 0.1) is 12.6 Å². The van der Waals surface area contributed by atoms with Gasteiger partial charge in [0.15, 0.2) is 0 Å². The lowest BCUT2D eigenvalue weighted by Gasteiger charge is -2.36. The van der Waals surface area contributed by atoms with Crippen molar-refractivity contribution < 1.29 is 22.3 Å². The molecule has 2 saturated heterocycles. The molecule has 0 unspecified atom stereocenters. The number of piperazine rings is 1. The van der Waals surface area contributed by atoms with Gasteiger partial charge in [0.2, 0.25) is 15.9 Å². The SMILES string of the molecule is CO[C@H]1C[C@H]2CN(S(=O)(=O)c3ccccc3F)CC(=O)N2C1. The van der Waals surface area contributed by atoms with Gasteiger partial charge in [-0.15, -0.1) is 0 Å². The van der Waals surface area contributed by atoms with E-state index in [1.807, 2.05) is 0 Å². The first kappa shape index (κ1) is 15.4. The third-order valence-electron chi connectivity index (χ3n) is 4.21. The second kappa shape index (κ2) is 5.60. The van der Waals surface area contributed by atoms with Crippen LogP contribution in [0.15, 0.2) is 29.2 Å². The molecule has 0 N–H and O–H groups in total. The van der Waals surface area contributed by atoms with Crippen LogP contribution >= 0.6 is 0 Å². The Hall–Kier alpha value is -1.51. The fourth-order valence-corrected chi connectivity index (χ4v) is 4.53. The molecule has 22 heavy (non-hydrogen) atoms. The van der Waals surface area contributed by atoms with Gasteiger partial charge < -0.3 is 9.64 Å². The van der Waals surface area contributed by atoms with Crippen LogP contribution in [0.25, 0.3) is 0 Å². The Morgan fingerprint density at radius 3 is 2.68 bits per heavy atom. The number of carbonyl (C=O) groups excluding carboxylic acids is 1. The molecule has 0 aliphatic carbocycles. The van der Waals surface area contributed by atoms with Crippen molar-refractivity contribution in [3.8, 4) is 0 Å². The molecule has 2 atom stereocenters. The van der Waals surface area contributed by atoms with Crippen molar-refractivity contribution in [2.75, 3.05) is 26.7 Å². The summed E-state index contributed by atoms with van der Waals surface area (Å²) in [4.78, 5) is 13.4. The van der Waals surface area contributed by atoms with Gasteiger partial charge in [-0.3, -0.25) is 4.79 Å². The van der Waals surface area contributed by atoms with E-state index in [1.165, 1.54) is 18.2 Å². The van der Waals surface area contributed by atoms with Crippen molar-refractivity contribution in [1.29, 1.82) is 0 Å². The minimum Gasteiger partial charge on any atom is -0.380 e. The number of hydrogen-bond acceptors (Lipinski definition) is 4. The third kappa shape index (κ3) is 2.51. The van der Waals surface area contributed by atoms with E-state index in [2.05, 4.69) is 0 Å². The van der Waals surface area contributed by atoms with E-state index < -0.39 is 20.7 Å². The maximum atomic E-state index is 13.8. The summed E-state index contributed by atoms with van der Waals surface area (Å²) in [5, 5.41) is 0. The number of hydrogen-bond donors (Lipinski definition) is 0. The van der Waals surface area contributed by atoms with Crippen LogP contribution in [0.1, 0.15) is 6.42 Å². The lowest BCUT2D eigenvalue weighted by Crippen LogP contribution is -2.55. The first-order valence-corrected chi connectivity index (χ1v) is 8.44. The Labute approximate surface area is 128 Å². The summed E-state index contributed by atoms with van der Waals surface area (Å²) in [6, 6.07) is 4.99. The van der Waals surface area contributed by atoms with Crippen molar-refractivity contribution in [2.45, 2.75) is 23.5 Å². The van der Waals surface area contributed by atoms with Gasteiger partial charge in [0, 0.05) is 26.2 Å². The molecular formula is C14H17FN2O4S. The van der Waals surface area contributed by atoms with Crippen molar-refractivity contribution in [2.24, 2.45) is 0 Å². The number of fused-ring (bicyclic) bond motifs is 1. The van der Waals surface area contributed by atoms with Crippen LogP contribution in [0.2, 0.25) is 0 Å². The maximum Gasteiger partial charge on any atom is 0.246 e. The molecule has 2 aliphatic rings. The Morgan fingerprint density at radius 1 is 1.27 bits per heavy atom. The van der Waals surface area contributed by atoms with Crippen LogP contribution in [0.5, 0.6) is 0 Å². The van der Waals surface area contributed by atoms with Crippen LogP contribution in [0.4, 0.5) is 4.39 Å². The van der Waals surface area contributed by atoms with Crippen LogP contribution in [-0.2, 0) is 19.6 Å². The smallest absolute Gasteiger partial charge is 0.246 e. The molecule has 0 bridgehead atoms. The van der Waals surface area contributed by atoms with Gasteiger partial charge in [-0.05, 0) is 18.6 Å². The number of halogens is 1. The molecule has 6 nitrogen and oxygen atoms in total. The van der Waals surface area contributed by atoms with Crippen LogP contribution in [0.3, 0.4) is 0 Å². The zero-order chi connectivity index (χ0) is 15.9. The van der Waals surface area contributed by atoms with Gasteiger partial charge in [-0.1, -0.05) is 12.1 Å². The van der Waals surface area contributed by atoms with E-state index in [0.717, 1.165) is 10.4 Å².